The highest BCUT2D eigenvalue weighted by Gasteiger charge is 2.34. The normalized spacial score (nSPS) is 20.2. The van der Waals surface area contributed by atoms with Gasteiger partial charge in [0, 0.05) is 13.2 Å². The maximum Gasteiger partial charge on any atom is 0.0468 e. The van der Waals surface area contributed by atoms with E-state index in [9.17, 15) is 0 Å². The molecule has 0 amide bonds. The lowest BCUT2D eigenvalue weighted by molar-refractivity contribution is 0.0419. The van der Waals surface area contributed by atoms with Crippen LogP contribution in [0.5, 0.6) is 0 Å². The van der Waals surface area contributed by atoms with Crippen LogP contribution in [0.3, 0.4) is 0 Å². The molecule has 0 aromatic heterocycles. The van der Waals surface area contributed by atoms with Crippen LogP contribution >= 0.6 is 0 Å². The molecule has 1 aliphatic heterocycles. The van der Waals surface area contributed by atoms with Crippen LogP contribution in [0.25, 0.3) is 0 Å². The van der Waals surface area contributed by atoms with Crippen LogP contribution in [0, 0.1) is 11.3 Å². The zero-order valence-corrected chi connectivity index (χ0v) is 11.3. The highest BCUT2D eigenvalue weighted by atomic mass is 16.5. The molecule has 0 saturated carbocycles. The SMILES string of the molecule is CC(C)(C)[C@H](c1ccccc1)C1CCOCC1. The van der Waals surface area contributed by atoms with Crippen molar-refractivity contribution in [3.8, 4) is 0 Å². The van der Waals surface area contributed by atoms with Crippen LogP contribution in [0.4, 0.5) is 0 Å². The zero-order valence-electron chi connectivity index (χ0n) is 11.3. The third kappa shape index (κ3) is 3.10. The second-order valence-electron chi connectivity index (χ2n) is 6.20. The van der Waals surface area contributed by atoms with E-state index in [0.717, 1.165) is 19.1 Å². The number of ether oxygens (including phenoxy) is 1. The van der Waals surface area contributed by atoms with Crippen LogP contribution in [0.1, 0.15) is 45.1 Å². The molecule has 17 heavy (non-hydrogen) atoms. The van der Waals surface area contributed by atoms with Gasteiger partial charge in [-0.2, -0.15) is 0 Å². The van der Waals surface area contributed by atoms with Gasteiger partial charge in [0.2, 0.25) is 0 Å². The summed E-state index contributed by atoms with van der Waals surface area (Å²) in [5, 5.41) is 0. The molecule has 1 heteroatoms. The van der Waals surface area contributed by atoms with Gasteiger partial charge >= 0.3 is 0 Å². The fourth-order valence-electron chi connectivity index (χ4n) is 3.19. The van der Waals surface area contributed by atoms with Crippen molar-refractivity contribution >= 4 is 0 Å². The molecule has 0 unspecified atom stereocenters. The molecule has 1 aromatic rings. The van der Waals surface area contributed by atoms with E-state index in [2.05, 4.69) is 51.1 Å². The first-order valence-corrected chi connectivity index (χ1v) is 6.72. The van der Waals surface area contributed by atoms with Gasteiger partial charge in [-0.25, -0.2) is 0 Å². The fourth-order valence-corrected chi connectivity index (χ4v) is 3.19. The molecule has 0 radical (unpaired) electrons. The molecule has 0 spiro atoms. The molecule has 0 bridgehead atoms. The van der Waals surface area contributed by atoms with Crippen molar-refractivity contribution in [1.82, 2.24) is 0 Å². The van der Waals surface area contributed by atoms with E-state index in [1.54, 1.807) is 0 Å². The number of hydrogen-bond donors (Lipinski definition) is 0. The molecule has 1 atom stereocenters. The monoisotopic (exact) mass is 232 g/mol. The van der Waals surface area contributed by atoms with Crippen molar-refractivity contribution in [3.05, 3.63) is 35.9 Å². The maximum absolute atomic E-state index is 5.50. The van der Waals surface area contributed by atoms with Crippen LogP contribution in [-0.2, 0) is 4.74 Å². The standard InChI is InChI=1S/C16H24O/c1-16(2,3)15(13-7-5-4-6-8-13)14-9-11-17-12-10-14/h4-8,14-15H,9-12H2,1-3H3/t15-/m1/s1. The van der Waals surface area contributed by atoms with Crippen LogP contribution in [-0.4, -0.2) is 13.2 Å². The average Bonchev–Trinajstić information content (AvgIpc) is 2.30. The summed E-state index contributed by atoms with van der Waals surface area (Å²) in [6, 6.07) is 11.0. The van der Waals surface area contributed by atoms with Gasteiger partial charge < -0.3 is 4.74 Å². The van der Waals surface area contributed by atoms with Gasteiger partial charge in [-0.3, -0.25) is 0 Å². The summed E-state index contributed by atoms with van der Waals surface area (Å²) in [4.78, 5) is 0. The van der Waals surface area contributed by atoms with Gasteiger partial charge in [0.1, 0.15) is 0 Å². The molecular weight excluding hydrogens is 208 g/mol. The summed E-state index contributed by atoms with van der Waals surface area (Å²) < 4.78 is 5.50. The Kier molecular flexibility index (Phi) is 3.88. The van der Waals surface area contributed by atoms with Gasteiger partial charge in [-0.1, -0.05) is 51.1 Å². The Hall–Kier alpha value is -0.820. The van der Waals surface area contributed by atoms with Crippen LogP contribution < -0.4 is 0 Å². The summed E-state index contributed by atoms with van der Waals surface area (Å²) in [6.45, 7) is 8.95. The van der Waals surface area contributed by atoms with E-state index in [-0.39, 0.29) is 0 Å². The Morgan fingerprint density at radius 1 is 1.06 bits per heavy atom. The predicted octanol–water partition coefficient (Wildman–Crippen LogP) is 4.24. The van der Waals surface area contributed by atoms with E-state index in [1.165, 1.54) is 18.4 Å². The summed E-state index contributed by atoms with van der Waals surface area (Å²) in [5.74, 6) is 1.42. The Bertz CT molecular complexity index is 330. The molecule has 0 N–H and O–H groups in total. The molecule has 94 valence electrons. The van der Waals surface area contributed by atoms with E-state index in [1.807, 2.05) is 0 Å². The molecule has 0 aliphatic carbocycles. The van der Waals surface area contributed by atoms with Crippen LogP contribution in [0.2, 0.25) is 0 Å². The summed E-state index contributed by atoms with van der Waals surface area (Å²) in [5.41, 5.74) is 1.82. The van der Waals surface area contributed by atoms with Gasteiger partial charge in [-0.05, 0) is 35.7 Å². The van der Waals surface area contributed by atoms with Crippen molar-refractivity contribution in [2.24, 2.45) is 11.3 Å². The molecule has 1 aliphatic rings. The van der Waals surface area contributed by atoms with Crippen molar-refractivity contribution < 1.29 is 4.74 Å². The Morgan fingerprint density at radius 2 is 1.65 bits per heavy atom. The smallest absolute Gasteiger partial charge is 0.0468 e. The lowest BCUT2D eigenvalue weighted by Crippen LogP contribution is -2.30. The highest BCUT2D eigenvalue weighted by molar-refractivity contribution is 5.22. The minimum absolute atomic E-state index is 0.323. The van der Waals surface area contributed by atoms with Crippen molar-refractivity contribution in [2.75, 3.05) is 13.2 Å². The largest absolute Gasteiger partial charge is 0.381 e. The average molecular weight is 232 g/mol. The van der Waals surface area contributed by atoms with E-state index >= 15 is 0 Å². The minimum Gasteiger partial charge on any atom is -0.381 e. The maximum atomic E-state index is 5.50. The molecule has 2 rings (SSSR count). The van der Waals surface area contributed by atoms with Crippen molar-refractivity contribution in [2.45, 2.75) is 39.5 Å². The summed E-state index contributed by atoms with van der Waals surface area (Å²) in [7, 11) is 0. The topological polar surface area (TPSA) is 9.23 Å². The summed E-state index contributed by atoms with van der Waals surface area (Å²) in [6.07, 6.45) is 2.41. The second-order valence-corrected chi connectivity index (χ2v) is 6.20. The Balaban J connectivity index is 2.25. The molecule has 1 fully saturated rings. The lowest BCUT2D eigenvalue weighted by atomic mass is 9.67. The summed E-state index contributed by atoms with van der Waals surface area (Å²) >= 11 is 0. The third-order valence-electron chi connectivity index (χ3n) is 3.83. The molecule has 1 saturated heterocycles. The molecular formula is C16H24O. The Labute approximate surface area is 105 Å². The number of hydrogen-bond acceptors (Lipinski definition) is 1. The number of benzene rings is 1. The Morgan fingerprint density at radius 3 is 2.18 bits per heavy atom. The highest BCUT2D eigenvalue weighted by Crippen LogP contribution is 2.44. The first-order chi connectivity index (χ1) is 8.09. The quantitative estimate of drug-likeness (QED) is 0.741. The van der Waals surface area contributed by atoms with Gasteiger partial charge in [0.15, 0.2) is 0 Å². The van der Waals surface area contributed by atoms with Crippen molar-refractivity contribution in [1.29, 1.82) is 0 Å². The first-order valence-electron chi connectivity index (χ1n) is 6.72. The number of rotatable bonds is 2. The van der Waals surface area contributed by atoms with Gasteiger partial charge in [-0.15, -0.1) is 0 Å². The van der Waals surface area contributed by atoms with E-state index < -0.39 is 0 Å². The third-order valence-corrected chi connectivity index (χ3v) is 3.83. The van der Waals surface area contributed by atoms with E-state index in [0.29, 0.717) is 11.3 Å². The van der Waals surface area contributed by atoms with Gasteiger partial charge in [0.05, 0.1) is 0 Å². The van der Waals surface area contributed by atoms with Crippen LogP contribution in [0.15, 0.2) is 30.3 Å². The zero-order chi connectivity index (χ0) is 12.3. The van der Waals surface area contributed by atoms with E-state index in [4.69, 9.17) is 4.74 Å². The molecule has 1 nitrogen and oxygen atoms in total. The predicted molar refractivity (Wildman–Crippen MR) is 72.2 cm³/mol. The second kappa shape index (κ2) is 5.22. The lowest BCUT2D eigenvalue weighted by Gasteiger charge is -2.39. The van der Waals surface area contributed by atoms with Crippen molar-refractivity contribution in [3.63, 3.8) is 0 Å². The molecule has 1 heterocycles. The molecule has 1 aromatic carbocycles. The first kappa shape index (κ1) is 12.6. The fraction of sp³-hybridized carbons (Fsp3) is 0.625. The van der Waals surface area contributed by atoms with Gasteiger partial charge in [0.25, 0.3) is 0 Å². The minimum atomic E-state index is 0.323.